The van der Waals surface area contributed by atoms with Crippen molar-refractivity contribution in [1.29, 1.82) is 5.26 Å². The van der Waals surface area contributed by atoms with Crippen LogP contribution in [0.2, 0.25) is 0 Å². The molecule has 0 amide bonds. The van der Waals surface area contributed by atoms with Crippen LogP contribution in [0.15, 0.2) is 6.07 Å². The summed E-state index contributed by atoms with van der Waals surface area (Å²) in [6.45, 7) is 7.43. The van der Waals surface area contributed by atoms with Gasteiger partial charge in [0.15, 0.2) is 0 Å². The minimum Gasteiger partial charge on any atom is -0.462 e. The summed E-state index contributed by atoms with van der Waals surface area (Å²) in [6, 6.07) is 3.99. The second kappa shape index (κ2) is 4.84. The van der Waals surface area contributed by atoms with Gasteiger partial charge in [-0.25, -0.2) is 0 Å². The van der Waals surface area contributed by atoms with Crippen molar-refractivity contribution < 1.29 is 9.53 Å². The van der Waals surface area contributed by atoms with Gasteiger partial charge in [-0.2, -0.15) is 5.26 Å². The van der Waals surface area contributed by atoms with Crippen LogP contribution in [0.4, 0.5) is 0 Å². The summed E-state index contributed by atoms with van der Waals surface area (Å²) in [5, 5.41) is 8.98. The van der Waals surface area contributed by atoms with Gasteiger partial charge in [0.25, 0.3) is 0 Å². The molecule has 4 nitrogen and oxygen atoms in total. The van der Waals surface area contributed by atoms with E-state index in [9.17, 15) is 4.79 Å². The van der Waals surface area contributed by atoms with Gasteiger partial charge >= 0.3 is 5.97 Å². The third-order valence-corrected chi connectivity index (χ3v) is 2.25. The number of rotatable bonds is 3. The van der Waals surface area contributed by atoms with E-state index in [0.717, 1.165) is 11.3 Å². The molecule has 4 heteroatoms. The second-order valence-electron chi connectivity index (χ2n) is 4.05. The molecular formula is C12H16N2O2. The average Bonchev–Trinajstić information content (AvgIpc) is 2.40. The van der Waals surface area contributed by atoms with Crippen molar-refractivity contribution in [3.8, 4) is 6.07 Å². The van der Waals surface area contributed by atoms with E-state index in [1.165, 1.54) is 0 Å². The van der Waals surface area contributed by atoms with Crippen LogP contribution in [0, 0.1) is 25.2 Å². The normalized spacial score (nSPS) is 10.2. The van der Waals surface area contributed by atoms with Gasteiger partial charge in [-0.1, -0.05) is 0 Å². The smallest absolute Gasteiger partial charge is 0.326 e. The summed E-state index contributed by atoms with van der Waals surface area (Å²) in [6.07, 6.45) is -0.130. The number of nitrogens with zero attached hydrogens (tertiary/aromatic N) is 2. The third kappa shape index (κ3) is 2.63. The second-order valence-corrected chi connectivity index (χ2v) is 4.05. The first kappa shape index (κ1) is 12.3. The molecular weight excluding hydrogens is 204 g/mol. The predicted molar refractivity (Wildman–Crippen MR) is 59.8 cm³/mol. The Labute approximate surface area is 95.4 Å². The first-order valence-electron chi connectivity index (χ1n) is 5.22. The van der Waals surface area contributed by atoms with E-state index < -0.39 is 0 Å². The van der Waals surface area contributed by atoms with Crippen molar-refractivity contribution >= 4 is 5.97 Å². The van der Waals surface area contributed by atoms with Crippen molar-refractivity contribution in [1.82, 2.24) is 4.57 Å². The SMILES string of the molecule is Cc1cc(C)n(CC(=O)OC(C)C)c1C#N. The van der Waals surface area contributed by atoms with Gasteiger partial charge in [0.05, 0.1) is 6.10 Å². The van der Waals surface area contributed by atoms with Gasteiger partial charge in [0.1, 0.15) is 18.3 Å². The Morgan fingerprint density at radius 3 is 2.69 bits per heavy atom. The van der Waals surface area contributed by atoms with Crippen molar-refractivity contribution in [2.75, 3.05) is 0 Å². The summed E-state index contributed by atoms with van der Waals surface area (Å²) in [4.78, 5) is 11.5. The lowest BCUT2D eigenvalue weighted by atomic mass is 10.3. The highest BCUT2D eigenvalue weighted by atomic mass is 16.5. The van der Waals surface area contributed by atoms with E-state index in [1.54, 1.807) is 18.4 Å². The van der Waals surface area contributed by atoms with Gasteiger partial charge < -0.3 is 9.30 Å². The lowest BCUT2D eigenvalue weighted by molar-refractivity contribution is -0.148. The maximum Gasteiger partial charge on any atom is 0.326 e. The molecule has 0 saturated heterocycles. The molecule has 1 rings (SSSR count). The van der Waals surface area contributed by atoms with E-state index >= 15 is 0 Å². The maximum atomic E-state index is 11.5. The molecule has 0 aliphatic rings. The van der Waals surface area contributed by atoms with Crippen LogP contribution < -0.4 is 0 Å². The van der Waals surface area contributed by atoms with Crippen LogP contribution in [-0.4, -0.2) is 16.6 Å². The van der Waals surface area contributed by atoms with Crippen LogP contribution in [0.5, 0.6) is 0 Å². The van der Waals surface area contributed by atoms with E-state index in [1.807, 2.05) is 19.9 Å². The number of hydrogen-bond donors (Lipinski definition) is 0. The largest absolute Gasteiger partial charge is 0.462 e. The first-order valence-corrected chi connectivity index (χ1v) is 5.22. The van der Waals surface area contributed by atoms with E-state index in [2.05, 4.69) is 6.07 Å². The molecule has 0 bridgehead atoms. The number of hydrogen-bond acceptors (Lipinski definition) is 3. The molecule has 0 unspecified atom stereocenters. The monoisotopic (exact) mass is 220 g/mol. The highest BCUT2D eigenvalue weighted by molar-refractivity contribution is 5.70. The van der Waals surface area contributed by atoms with E-state index in [0.29, 0.717) is 5.69 Å². The minimum atomic E-state index is -0.315. The van der Waals surface area contributed by atoms with Gasteiger partial charge in [0.2, 0.25) is 0 Å². The molecule has 0 spiro atoms. The number of esters is 1. The Morgan fingerprint density at radius 2 is 2.19 bits per heavy atom. The molecule has 0 radical (unpaired) electrons. The number of ether oxygens (including phenoxy) is 1. The molecule has 1 aromatic heterocycles. The summed E-state index contributed by atoms with van der Waals surface area (Å²) < 4.78 is 6.73. The zero-order chi connectivity index (χ0) is 12.3. The lowest BCUT2D eigenvalue weighted by Crippen LogP contribution is -2.19. The van der Waals surface area contributed by atoms with Gasteiger partial charge in [-0.15, -0.1) is 0 Å². The topological polar surface area (TPSA) is 55.0 Å². The molecule has 0 N–H and O–H groups in total. The fourth-order valence-electron chi connectivity index (χ4n) is 1.63. The molecule has 86 valence electrons. The van der Waals surface area contributed by atoms with Crippen LogP contribution in [0.25, 0.3) is 0 Å². The Balaban J connectivity index is 2.89. The van der Waals surface area contributed by atoms with Crippen LogP contribution in [0.1, 0.15) is 30.8 Å². The van der Waals surface area contributed by atoms with Crippen LogP contribution in [-0.2, 0) is 16.1 Å². The Morgan fingerprint density at radius 1 is 1.56 bits per heavy atom. The predicted octanol–water partition coefficient (Wildman–Crippen LogP) is 1.93. The molecule has 1 heterocycles. The molecule has 0 saturated carbocycles. The molecule has 0 aliphatic heterocycles. The summed E-state index contributed by atoms with van der Waals surface area (Å²) in [5.74, 6) is -0.315. The number of carbonyl (C=O) groups is 1. The number of nitriles is 1. The molecule has 1 aromatic rings. The maximum absolute atomic E-state index is 11.5. The minimum absolute atomic E-state index is 0.0980. The molecule has 0 fully saturated rings. The van der Waals surface area contributed by atoms with Gasteiger partial charge in [-0.3, -0.25) is 4.79 Å². The third-order valence-electron chi connectivity index (χ3n) is 2.25. The summed E-state index contributed by atoms with van der Waals surface area (Å²) >= 11 is 0. The number of carbonyl (C=O) groups excluding carboxylic acids is 1. The summed E-state index contributed by atoms with van der Waals surface area (Å²) in [7, 11) is 0. The molecule has 0 aromatic carbocycles. The van der Waals surface area contributed by atoms with Crippen LogP contribution in [0.3, 0.4) is 0 Å². The quantitative estimate of drug-likeness (QED) is 0.731. The fraction of sp³-hybridized carbons (Fsp3) is 0.500. The average molecular weight is 220 g/mol. The van der Waals surface area contributed by atoms with Crippen molar-refractivity contribution in [2.45, 2.75) is 40.3 Å². The standard InChI is InChI=1S/C12H16N2O2/c1-8(2)16-12(15)7-14-10(4)5-9(3)11(14)6-13/h5,8H,7H2,1-4H3. The van der Waals surface area contributed by atoms with Crippen LogP contribution >= 0.6 is 0 Å². The number of aromatic nitrogens is 1. The lowest BCUT2D eigenvalue weighted by Gasteiger charge is -2.10. The van der Waals surface area contributed by atoms with E-state index in [-0.39, 0.29) is 18.6 Å². The van der Waals surface area contributed by atoms with Gasteiger partial charge in [-0.05, 0) is 39.3 Å². The first-order chi connectivity index (χ1) is 7.45. The Kier molecular flexibility index (Phi) is 3.73. The zero-order valence-electron chi connectivity index (χ0n) is 10.1. The number of aryl methyl sites for hydroxylation is 2. The highest BCUT2D eigenvalue weighted by Crippen LogP contribution is 2.14. The molecule has 0 aliphatic carbocycles. The van der Waals surface area contributed by atoms with E-state index in [4.69, 9.17) is 10.00 Å². The Bertz CT molecular complexity index is 439. The van der Waals surface area contributed by atoms with Crippen molar-refractivity contribution in [3.63, 3.8) is 0 Å². The summed E-state index contributed by atoms with van der Waals surface area (Å²) in [5.41, 5.74) is 2.31. The van der Waals surface area contributed by atoms with Crippen molar-refractivity contribution in [2.24, 2.45) is 0 Å². The van der Waals surface area contributed by atoms with Gasteiger partial charge in [0, 0.05) is 5.69 Å². The van der Waals surface area contributed by atoms with Crippen molar-refractivity contribution in [3.05, 3.63) is 23.0 Å². The molecule has 16 heavy (non-hydrogen) atoms. The molecule has 0 atom stereocenters. The zero-order valence-corrected chi connectivity index (χ0v) is 10.1. The fourth-order valence-corrected chi connectivity index (χ4v) is 1.63. The highest BCUT2D eigenvalue weighted by Gasteiger charge is 2.13. The Hall–Kier alpha value is -1.76.